The molecule has 2 N–H and O–H groups in total. The summed E-state index contributed by atoms with van der Waals surface area (Å²) in [4.78, 5) is 14.6. The third kappa shape index (κ3) is 6.35. The molecule has 2 aliphatic heterocycles. The number of nitrogens with one attached hydrogen (secondary N) is 2. The SMILES string of the molecule is CC1CCCN(c2cc(N3CCCCCC3)nc(NC(=S)NCc3ccc(-c4ccccc4)o3)n2)C1. The number of piperidine rings is 1. The summed E-state index contributed by atoms with van der Waals surface area (Å²) in [7, 11) is 0. The number of hydrogen-bond acceptors (Lipinski definition) is 6. The zero-order valence-electron chi connectivity index (χ0n) is 21.1. The Morgan fingerprint density at radius 3 is 2.42 bits per heavy atom. The van der Waals surface area contributed by atoms with Gasteiger partial charge in [-0.2, -0.15) is 9.97 Å². The number of furan rings is 1. The average molecular weight is 505 g/mol. The average Bonchev–Trinajstić information content (AvgIpc) is 3.21. The Hall–Kier alpha value is -3.13. The summed E-state index contributed by atoms with van der Waals surface area (Å²) in [5, 5.41) is 6.97. The first-order valence-corrected chi connectivity index (χ1v) is 13.6. The van der Waals surface area contributed by atoms with Crippen molar-refractivity contribution >= 4 is 34.9 Å². The minimum absolute atomic E-state index is 0.485. The van der Waals surface area contributed by atoms with Gasteiger partial charge >= 0.3 is 0 Å². The monoisotopic (exact) mass is 504 g/mol. The van der Waals surface area contributed by atoms with Crippen LogP contribution in [-0.4, -0.2) is 41.3 Å². The number of hydrogen-bond donors (Lipinski definition) is 2. The topological polar surface area (TPSA) is 69.5 Å². The fraction of sp³-hybridized carbons (Fsp3) is 0.464. The van der Waals surface area contributed by atoms with Crippen molar-refractivity contribution in [3.63, 3.8) is 0 Å². The highest BCUT2D eigenvalue weighted by Crippen LogP contribution is 2.27. The molecule has 2 fully saturated rings. The molecule has 1 unspecified atom stereocenters. The van der Waals surface area contributed by atoms with E-state index in [0.29, 0.717) is 23.5 Å². The molecule has 4 heterocycles. The van der Waals surface area contributed by atoms with Gasteiger partial charge < -0.3 is 24.9 Å². The van der Waals surface area contributed by atoms with E-state index < -0.39 is 0 Å². The molecule has 2 aromatic heterocycles. The van der Waals surface area contributed by atoms with Gasteiger partial charge in [0.2, 0.25) is 5.95 Å². The van der Waals surface area contributed by atoms with Gasteiger partial charge in [0, 0.05) is 37.8 Å². The molecule has 7 nitrogen and oxygen atoms in total. The van der Waals surface area contributed by atoms with Crippen LogP contribution in [0.3, 0.4) is 0 Å². The predicted molar refractivity (Wildman–Crippen MR) is 151 cm³/mol. The largest absolute Gasteiger partial charge is 0.459 e. The molecule has 1 atom stereocenters. The summed E-state index contributed by atoms with van der Waals surface area (Å²) in [6, 6.07) is 16.2. The molecule has 0 saturated carbocycles. The summed E-state index contributed by atoms with van der Waals surface area (Å²) in [6.07, 6.45) is 7.46. The quantitative estimate of drug-likeness (QED) is 0.406. The maximum Gasteiger partial charge on any atom is 0.232 e. The van der Waals surface area contributed by atoms with E-state index in [1.54, 1.807) is 0 Å². The van der Waals surface area contributed by atoms with E-state index >= 15 is 0 Å². The van der Waals surface area contributed by atoms with E-state index in [0.717, 1.165) is 54.9 Å². The van der Waals surface area contributed by atoms with Gasteiger partial charge in [0.1, 0.15) is 23.2 Å². The first-order chi connectivity index (χ1) is 17.6. The Morgan fingerprint density at radius 1 is 0.944 bits per heavy atom. The third-order valence-corrected chi connectivity index (χ3v) is 7.23. The standard InChI is InChI=1S/C28H36N6OS/c1-21-10-9-17-34(20-21)26-18-25(33-15-7-2-3-8-16-33)30-27(31-26)32-28(36)29-19-23-13-14-24(35-23)22-11-5-4-6-12-22/h4-6,11-14,18,21H,2-3,7-10,15-17,19-20H2,1H3,(H2,29,30,31,32,36). The lowest BCUT2D eigenvalue weighted by atomic mass is 10.0. The van der Waals surface area contributed by atoms with Crippen LogP contribution in [-0.2, 0) is 6.54 Å². The van der Waals surface area contributed by atoms with Crippen LogP contribution in [0.5, 0.6) is 0 Å². The summed E-state index contributed by atoms with van der Waals surface area (Å²) in [5.41, 5.74) is 1.06. The molecule has 36 heavy (non-hydrogen) atoms. The fourth-order valence-electron chi connectivity index (χ4n) is 5.04. The van der Waals surface area contributed by atoms with Crippen molar-refractivity contribution in [2.75, 3.05) is 41.3 Å². The molecule has 2 saturated heterocycles. The molecule has 0 bridgehead atoms. The van der Waals surface area contributed by atoms with Crippen LogP contribution in [0.4, 0.5) is 17.6 Å². The second-order valence-corrected chi connectivity index (χ2v) is 10.4. The number of benzene rings is 1. The molecule has 0 spiro atoms. The molecule has 0 radical (unpaired) electrons. The van der Waals surface area contributed by atoms with Crippen LogP contribution in [0.1, 0.15) is 51.2 Å². The Bertz CT molecular complexity index is 1120. The Balaban J connectivity index is 1.28. The van der Waals surface area contributed by atoms with E-state index in [9.17, 15) is 0 Å². The molecule has 3 aromatic rings. The van der Waals surface area contributed by atoms with Gasteiger partial charge in [-0.1, -0.05) is 50.1 Å². The van der Waals surface area contributed by atoms with Gasteiger partial charge in [-0.05, 0) is 56.0 Å². The van der Waals surface area contributed by atoms with Crippen molar-refractivity contribution in [1.82, 2.24) is 15.3 Å². The zero-order chi connectivity index (χ0) is 24.7. The van der Waals surface area contributed by atoms with E-state index in [1.165, 1.54) is 38.5 Å². The molecule has 0 amide bonds. The second kappa shape index (κ2) is 11.7. The smallest absolute Gasteiger partial charge is 0.232 e. The normalized spacial score (nSPS) is 18.5. The van der Waals surface area contributed by atoms with E-state index in [-0.39, 0.29) is 0 Å². The van der Waals surface area contributed by atoms with Crippen LogP contribution in [0.2, 0.25) is 0 Å². The Morgan fingerprint density at radius 2 is 1.67 bits per heavy atom. The van der Waals surface area contributed by atoms with Crippen molar-refractivity contribution in [1.29, 1.82) is 0 Å². The molecule has 190 valence electrons. The predicted octanol–water partition coefficient (Wildman–Crippen LogP) is 5.84. The van der Waals surface area contributed by atoms with Crippen LogP contribution >= 0.6 is 12.2 Å². The summed E-state index contributed by atoms with van der Waals surface area (Å²) < 4.78 is 5.99. The van der Waals surface area contributed by atoms with Gasteiger partial charge in [-0.25, -0.2) is 0 Å². The summed E-state index contributed by atoms with van der Waals surface area (Å²) in [5.74, 6) is 4.86. The molecule has 5 rings (SSSR count). The number of nitrogens with zero attached hydrogens (tertiary/aromatic N) is 4. The van der Waals surface area contributed by atoms with Gasteiger partial charge in [-0.15, -0.1) is 0 Å². The highest BCUT2D eigenvalue weighted by Gasteiger charge is 2.21. The molecular formula is C28H36N6OS. The van der Waals surface area contributed by atoms with Gasteiger partial charge in [-0.3, -0.25) is 0 Å². The van der Waals surface area contributed by atoms with Crippen LogP contribution in [0.25, 0.3) is 11.3 Å². The first kappa shape index (κ1) is 24.6. The zero-order valence-corrected chi connectivity index (χ0v) is 21.9. The maximum atomic E-state index is 5.99. The number of thiocarbonyl (C=S) groups is 1. The third-order valence-electron chi connectivity index (χ3n) is 6.98. The van der Waals surface area contributed by atoms with Crippen molar-refractivity contribution in [3.8, 4) is 11.3 Å². The molecule has 2 aliphatic rings. The summed E-state index contributed by atoms with van der Waals surface area (Å²) >= 11 is 5.60. The van der Waals surface area contributed by atoms with Gasteiger partial charge in [0.15, 0.2) is 5.11 Å². The number of anilines is 3. The van der Waals surface area contributed by atoms with Gasteiger partial charge in [0.05, 0.1) is 6.54 Å². The lowest BCUT2D eigenvalue weighted by Gasteiger charge is -2.33. The Labute approximate surface area is 219 Å². The maximum absolute atomic E-state index is 5.99. The number of aromatic nitrogens is 2. The Kier molecular flexibility index (Phi) is 8.01. The van der Waals surface area contributed by atoms with Crippen molar-refractivity contribution in [2.45, 2.75) is 52.0 Å². The van der Waals surface area contributed by atoms with E-state index in [2.05, 4.69) is 33.4 Å². The minimum atomic E-state index is 0.485. The van der Waals surface area contributed by atoms with E-state index in [4.69, 9.17) is 26.6 Å². The molecule has 0 aliphatic carbocycles. The van der Waals surface area contributed by atoms with E-state index in [1.807, 2.05) is 42.5 Å². The lowest BCUT2D eigenvalue weighted by Crippen LogP contribution is -2.36. The highest BCUT2D eigenvalue weighted by molar-refractivity contribution is 7.80. The lowest BCUT2D eigenvalue weighted by molar-refractivity contribution is 0.444. The van der Waals surface area contributed by atoms with Crippen molar-refractivity contribution in [3.05, 3.63) is 54.3 Å². The van der Waals surface area contributed by atoms with Crippen LogP contribution < -0.4 is 20.4 Å². The molecule has 1 aromatic carbocycles. The van der Waals surface area contributed by atoms with Crippen LogP contribution in [0.15, 0.2) is 52.9 Å². The van der Waals surface area contributed by atoms with Crippen LogP contribution in [0, 0.1) is 5.92 Å². The van der Waals surface area contributed by atoms with Gasteiger partial charge in [0.25, 0.3) is 0 Å². The minimum Gasteiger partial charge on any atom is -0.459 e. The first-order valence-electron chi connectivity index (χ1n) is 13.2. The number of rotatable bonds is 6. The molecule has 8 heteroatoms. The van der Waals surface area contributed by atoms with Crippen molar-refractivity contribution < 1.29 is 4.42 Å². The second-order valence-electron chi connectivity index (χ2n) is 9.94. The summed E-state index contributed by atoms with van der Waals surface area (Å²) in [6.45, 7) is 6.95. The fourth-order valence-corrected chi connectivity index (χ4v) is 5.21. The molecular weight excluding hydrogens is 468 g/mol. The van der Waals surface area contributed by atoms with Crippen molar-refractivity contribution in [2.24, 2.45) is 5.92 Å². The highest BCUT2D eigenvalue weighted by atomic mass is 32.1.